The summed E-state index contributed by atoms with van der Waals surface area (Å²) in [6.45, 7) is 1.73. The highest BCUT2D eigenvalue weighted by Crippen LogP contribution is 2.30. The van der Waals surface area contributed by atoms with E-state index < -0.39 is 11.9 Å². The predicted octanol–water partition coefficient (Wildman–Crippen LogP) is 3.97. The van der Waals surface area contributed by atoms with E-state index in [9.17, 15) is 8.78 Å². The molecule has 2 aromatic carbocycles. The molecule has 2 aromatic rings. The van der Waals surface area contributed by atoms with Gasteiger partial charge in [0.25, 0.3) is 0 Å². The van der Waals surface area contributed by atoms with Gasteiger partial charge in [0.1, 0.15) is 11.6 Å². The summed E-state index contributed by atoms with van der Waals surface area (Å²) < 4.78 is 26.8. The van der Waals surface area contributed by atoms with Crippen LogP contribution >= 0.6 is 11.6 Å². The normalized spacial score (nSPS) is 12.5. The molecule has 4 heteroatoms. The number of hydrogen-bond donors (Lipinski definition) is 1. The molecule has 2 N–H and O–H groups in total. The van der Waals surface area contributed by atoms with Crippen molar-refractivity contribution in [2.75, 3.05) is 0 Å². The van der Waals surface area contributed by atoms with E-state index in [1.165, 1.54) is 24.3 Å². The highest BCUT2D eigenvalue weighted by atomic mass is 35.5. The zero-order chi connectivity index (χ0) is 13.3. The van der Waals surface area contributed by atoms with Crippen LogP contribution in [0.5, 0.6) is 0 Å². The van der Waals surface area contributed by atoms with E-state index in [1.807, 2.05) is 0 Å². The lowest BCUT2D eigenvalue weighted by atomic mass is 9.95. The van der Waals surface area contributed by atoms with Crippen molar-refractivity contribution in [3.8, 4) is 0 Å². The van der Waals surface area contributed by atoms with E-state index in [0.717, 1.165) is 0 Å². The molecule has 0 aliphatic heterocycles. The Morgan fingerprint density at radius 3 is 2.50 bits per heavy atom. The van der Waals surface area contributed by atoms with Gasteiger partial charge in [0.15, 0.2) is 0 Å². The number of halogens is 3. The molecule has 0 aliphatic rings. The minimum absolute atomic E-state index is 0.230. The third kappa shape index (κ3) is 2.37. The second-order valence-electron chi connectivity index (χ2n) is 4.11. The predicted molar refractivity (Wildman–Crippen MR) is 68.6 cm³/mol. The van der Waals surface area contributed by atoms with Crippen molar-refractivity contribution in [1.82, 2.24) is 0 Å². The summed E-state index contributed by atoms with van der Waals surface area (Å²) in [6.07, 6.45) is 0. The van der Waals surface area contributed by atoms with E-state index >= 15 is 0 Å². The second kappa shape index (κ2) is 5.04. The fourth-order valence-corrected chi connectivity index (χ4v) is 2.23. The highest BCUT2D eigenvalue weighted by molar-refractivity contribution is 6.31. The SMILES string of the molecule is Cc1cc(F)ccc1C(N)c1c(F)cccc1Cl. The van der Waals surface area contributed by atoms with Crippen LogP contribution in [0.4, 0.5) is 8.78 Å². The van der Waals surface area contributed by atoms with E-state index in [2.05, 4.69) is 0 Å². The molecule has 0 heterocycles. The largest absolute Gasteiger partial charge is 0.320 e. The van der Waals surface area contributed by atoms with Crippen LogP contribution in [0.2, 0.25) is 5.02 Å². The molecule has 0 saturated carbocycles. The van der Waals surface area contributed by atoms with Crippen LogP contribution in [0.1, 0.15) is 22.7 Å². The Hall–Kier alpha value is -1.45. The fourth-order valence-electron chi connectivity index (χ4n) is 1.95. The molecule has 0 bridgehead atoms. The number of benzene rings is 2. The van der Waals surface area contributed by atoms with Gasteiger partial charge in [-0.3, -0.25) is 0 Å². The molecule has 0 aliphatic carbocycles. The van der Waals surface area contributed by atoms with Crippen molar-refractivity contribution in [2.45, 2.75) is 13.0 Å². The zero-order valence-corrected chi connectivity index (χ0v) is 10.5. The third-order valence-electron chi connectivity index (χ3n) is 2.88. The van der Waals surface area contributed by atoms with Crippen molar-refractivity contribution < 1.29 is 8.78 Å². The van der Waals surface area contributed by atoms with Crippen LogP contribution in [0.25, 0.3) is 0 Å². The van der Waals surface area contributed by atoms with E-state index in [-0.39, 0.29) is 16.4 Å². The minimum Gasteiger partial charge on any atom is -0.320 e. The summed E-state index contributed by atoms with van der Waals surface area (Å²) in [5.74, 6) is -0.804. The van der Waals surface area contributed by atoms with Crippen LogP contribution < -0.4 is 5.73 Å². The number of hydrogen-bond acceptors (Lipinski definition) is 1. The lowest BCUT2D eigenvalue weighted by Crippen LogP contribution is -2.15. The lowest BCUT2D eigenvalue weighted by molar-refractivity contribution is 0.598. The zero-order valence-electron chi connectivity index (χ0n) is 9.75. The van der Waals surface area contributed by atoms with Crippen molar-refractivity contribution in [3.05, 3.63) is 69.7 Å². The first-order valence-corrected chi connectivity index (χ1v) is 5.84. The summed E-state index contributed by atoms with van der Waals surface area (Å²) in [5, 5.41) is 0.270. The maximum atomic E-state index is 13.8. The fraction of sp³-hybridized carbons (Fsp3) is 0.143. The van der Waals surface area contributed by atoms with Crippen LogP contribution in [0, 0.1) is 18.6 Å². The molecule has 0 fully saturated rings. The Morgan fingerprint density at radius 1 is 1.17 bits per heavy atom. The molecule has 2 rings (SSSR count). The van der Waals surface area contributed by atoms with Crippen molar-refractivity contribution in [2.24, 2.45) is 5.73 Å². The van der Waals surface area contributed by atoms with Gasteiger partial charge in [-0.25, -0.2) is 8.78 Å². The molecule has 18 heavy (non-hydrogen) atoms. The maximum absolute atomic E-state index is 13.8. The Bertz CT molecular complexity index is 564. The summed E-state index contributed by atoms with van der Waals surface area (Å²) >= 11 is 5.96. The van der Waals surface area contributed by atoms with Gasteiger partial charge in [0, 0.05) is 10.6 Å². The highest BCUT2D eigenvalue weighted by Gasteiger charge is 2.18. The van der Waals surface area contributed by atoms with Gasteiger partial charge in [-0.2, -0.15) is 0 Å². The van der Waals surface area contributed by atoms with Crippen molar-refractivity contribution in [1.29, 1.82) is 0 Å². The Labute approximate surface area is 109 Å². The van der Waals surface area contributed by atoms with Gasteiger partial charge in [-0.15, -0.1) is 0 Å². The Morgan fingerprint density at radius 2 is 1.89 bits per heavy atom. The molecule has 1 nitrogen and oxygen atoms in total. The molecule has 1 unspecified atom stereocenters. The molecule has 0 aromatic heterocycles. The molecule has 0 radical (unpaired) electrons. The van der Waals surface area contributed by atoms with Gasteiger partial charge in [0.2, 0.25) is 0 Å². The van der Waals surface area contributed by atoms with Gasteiger partial charge in [0.05, 0.1) is 6.04 Å². The Kier molecular flexibility index (Phi) is 3.64. The van der Waals surface area contributed by atoms with E-state index in [0.29, 0.717) is 11.1 Å². The molecule has 0 spiro atoms. The van der Waals surface area contributed by atoms with Crippen LogP contribution in [-0.4, -0.2) is 0 Å². The monoisotopic (exact) mass is 267 g/mol. The number of nitrogens with two attached hydrogens (primary N) is 1. The molecular formula is C14H12ClF2N. The van der Waals surface area contributed by atoms with Crippen LogP contribution in [-0.2, 0) is 0 Å². The van der Waals surface area contributed by atoms with Crippen molar-refractivity contribution in [3.63, 3.8) is 0 Å². The second-order valence-corrected chi connectivity index (χ2v) is 4.52. The quantitative estimate of drug-likeness (QED) is 0.875. The topological polar surface area (TPSA) is 26.0 Å². The van der Waals surface area contributed by atoms with Crippen LogP contribution in [0.15, 0.2) is 36.4 Å². The van der Waals surface area contributed by atoms with Gasteiger partial charge in [-0.1, -0.05) is 23.7 Å². The Balaban J connectivity index is 2.51. The summed E-state index contributed by atoms with van der Waals surface area (Å²) in [7, 11) is 0. The van der Waals surface area contributed by atoms with Gasteiger partial charge < -0.3 is 5.73 Å². The first kappa shape index (κ1) is 13.0. The molecule has 0 saturated heterocycles. The summed E-state index contributed by atoms with van der Waals surface area (Å²) in [4.78, 5) is 0. The van der Waals surface area contributed by atoms with Gasteiger partial charge in [-0.05, 0) is 42.3 Å². The average Bonchev–Trinajstić information content (AvgIpc) is 2.28. The standard InChI is InChI=1S/C14H12ClF2N/c1-8-7-9(16)5-6-10(8)14(18)13-11(15)3-2-4-12(13)17/h2-7,14H,18H2,1H3. The van der Waals surface area contributed by atoms with E-state index in [4.69, 9.17) is 17.3 Å². The molecule has 94 valence electrons. The smallest absolute Gasteiger partial charge is 0.129 e. The van der Waals surface area contributed by atoms with Crippen molar-refractivity contribution >= 4 is 11.6 Å². The summed E-state index contributed by atoms with van der Waals surface area (Å²) in [5.41, 5.74) is 7.58. The molecule has 1 atom stereocenters. The van der Waals surface area contributed by atoms with Gasteiger partial charge >= 0.3 is 0 Å². The first-order valence-electron chi connectivity index (χ1n) is 5.46. The average molecular weight is 268 g/mol. The molecular weight excluding hydrogens is 256 g/mol. The minimum atomic E-state index is -0.709. The molecule has 0 amide bonds. The number of aryl methyl sites for hydroxylation is 1. The third-order valence-corrected chi connectivity index (χ3v) is 3.21. The summed E-state index contributed by atoms with van der Waals surface area (Å²) in [6, 6.07) is 7.92. The first-order chi connectivity index (χ1) is 8.50. The lowest BCUT2D eigenvalue weighted by Gasteiger charge is -2.17. The maximum Gasteiger partial charge on any atom is 0.129 e. The van der Waals surface area contributed by atoms with E-state index in [1.54, 1.807) is 19.1 Å². The number of rotatable bonds is 2. The van der Waals surface area contributed by atoms with Crippen LogP contribution in [0.3, 0.4) is 0 Å².